The minimum absolute atomic E-state index is 0.0544. The van der Waals surface area contributed by atoms with E-state index in [9.17, 15) is 4.79 Å². The van der Waals surface area contributed by atoms with Gasteiger partial charge in [0.05, 0.1) is 19.1 Å². The van der Waals surface area contributed by atoms with Gasteiger partial charge in [-0.15, -0.1) is 6.42 Å². The number of nitrogens with zero attached hydrogens (tertiary/aromatic N) is 1. The number of amides is 1. The lowest BCUT2D eigenvalue weighted by Gasteiger charge is -2.23. The predicted octanol–water partition coefficient (Wildman–Crippen LogP) is 0.612. The van der Waals surface area contributed by atoms with Crippen LogP contribution in [0.25, 0.3) is 0 Å². The van der Waals surface area contributed by atoms with Gasteiger partial charge in [0.25, 0.3) is 0 Å². The summed E-state index contributed by atoms with van der Waals surface area (Å²) in [5.74, 6) is 3.24. The van der Waals surface area contributed by atoms with E-state index in [1.165, 1.54) is 12.8 Å². The fourth-order valence-electron chi connectivity index (χ4n) is 1.75. The molecule has 1 rings (SSSR count). The second kappa shape index (κ2) is 7.31. The fourth-order valence-corrected chi connectivity index (χ4v) is 1.75. The highest BCUT2D eigenvalue weighted by Gasteiger charge is 2.27. The van der Waals surface area contributed by atoms with Crippen LogP contribution in [-0.4, -0.2) is 43.2 Å². The summed E-state index contributed by atoms with van der Waals surface area (Å²) in [5, 5.41) is 0. The third-order valence-electron chi connectivity index (χ3n) is 2.88. The number of rotatable bonds is 8. The van der Waals surface area contributed by atoms with Crippen LogP contribution in [0.5, 0.6) is 0 Å². The molecule has 1 saturated carbocycles. The first-order valence-electron chi connectivity index (χ1n) is 6.24. The lowest BCUT2D eigenvalue weighted by atomic mass is 10.2. The number of carbonyl (C=O) groups is 1. The number of terminal acetylenes is 1. The zero-order valence-electron chi connectivity index (χ0n) is 10.5. The van der Waals surface area contributed by atoms with Crippen LogP contribution >= 0.6 is 0 Å². The molecular weight excluding hydrogens is 216 g/mol. The minimum atomic E-state index is -0.188. The van der Waals surface area contributed by atoms with Crippen LogP contribution in [0, 0.1) is 18.3 Å². The monoisotopic (exact) mass is 238 g/mol. The van der Waals surface area contributed by atoms with E-state index in [1.807, 2.05) is 6.92 Å². The first kappa shape index (κ1) is 14.0. The Hall–Kier alpha value is -1.05. The minimum Gasteiger partial charge on any atom is -0.377 e. The van der Waals surface area contributed by atoms with Gasteiger partial charge < -0.3 is 15.4 Å². The average molecular weight is 238 g/mol. The molecule has 1 aliphatic rings. The van der Waals surface area contributed by atoms with Crippen molar-refractivity contribution in [3.8, 4) is 12.3 Å². The van der Waals surface area contributed by atoms with Crippen molar-refractivity contribution in [2.75, 3.05) is 26.2 Å². The molecule has 0 heterocycles. The van der Waals surface area contributed by atoms with Crippen molar-refractivity contribution in [2.24, 2.45) is 11.7 Å². The molecule has 0 aliphatic heterocycles. The van der Waals surface area contributed by atoms with Gasteiger partial charge in [0.1, 0.15) is 0 Å². The molecule has 0 aromatic rings. The molecule has 0 radical (unpaired) electrons. The van der Waals surface area contributed by atoms with Gasteiger partial charge >= 0.3 is 0 Å². The number of carbonyl (C=O) groups excluding carboxylic acids is 1. The SMILES string of the molecule is C#CCN(CC1CC1)C(=O)CC(CN)OCC. The van der Waals surface area contributed by atoms with Crippen LogP contribution in [0.4, 0.5) is 0 Å². The van der Waals surface area contributed by atoms with Crippen LogP contribution in [-0.2, 0) is 9.53 Å². The van der Waals surface area contributed by atoms with Gasteiger partial charge in [-0.05, 0) is 25.7 Å². The summed E-state index contributed by atoms with van der Waals surface area (Å²) >= 11 is 0. The fraction of sp³-hybridized carbons (Fsp3) is 0.769. The normalized spacial score (nSPS) is 16.3. The van der Waals surface area contributed by atoms with Gasteiger partial charge in [0.2, 0.25) is 5.91 Å². The number of hydrogen-bond acceptors (Lipinski definition) is 3. The van der Waals surface area contributed by atoms with Crippen molar-refractivity contribution < 1.29 is 9.53 Å². The molecule has 1 amide bonds. The molecule has 4 heteroatoms. The van der Waals surface area contributed by atoms with Gasteiger partial charge in [-0.2, -0.15) is 0 Å². The maximum Gasteiger partial charge on any atom is 0.226 e. The molecule has 1 atom stereocenters. The summed E-state index contributed by atoms with van der Waals surface area (Å²) < 4.78 is 5.39. The highest BCUT2D eigenvalue weighted by atomic mass is 16.5. The van der Waals surface area contributed by atoms with Crippen molar-refractivity contribution in [2.45, 2.75) is 32.3 Å². The lowest BCUT2D eigenvalue weighted by Crippen LogP contribution is -2.37. The topological polar surface area (TPSA) is 55.6 Å². The Balaban J connectivity index is 2.42. The van der Waals surface area contributed by atoms with Crippen molar-refractivity contribution in [1.29, 1.82) is 0 Å². The smallest absolute Gasteiger partial charge is 0.226 e. The van der Waals surface area contributed by atoms with Gasteiger partial charge in [-0.1, -0.05) is 5.92 Å². The second-order valence-corrected chi connectivity index (χ2v) is 4.44. The molecule has 0 bridgehead atoms. The standard InChI is InChI=1S/C13H22N2O2/c1-3-7-15(10-11-5-6-11)13(16)8-12(9-14)17-4-2/h1,11-12H,4-10,14H2,2H3. The summed E-state index contributed by atoms with van der Waals surface area (Å²) in [4.78, 5) is 13.8. The zero-order chi connectivity index (χ0) is 12.7. The van der Waals surface area contributed by atoms with E-state index in [2.05, 4.69) is 5.92 Å². The zero-order valence-corrected chi connectivity index (χ0v) is 10.5. The molecule has 96 valence electrons. The van der Waals surface area contributed by atoms with Crippen LogP contribution in [0.3, 0.4) is 0 Å². The first-order chi connectivity index (χ1) is 8.21. The van der Waals surface area contributed by atoms with Crippen LogP contribution < -0.4 is 5.73 Å². The Morgan fingerprint density at radius 2 is 2.35 bits per heavy atom. The van der Waals surface area contributed by atoms with Gasteiger partial charge in [0, 0.05) is 19.7 Å². The molecular formula is C13H22N2O2. The predicted molar refractivity (Wildman–Crippen MR) is 67.2 cm³/mol. The Kier molecular flexibility index (Phi) is 6.03. The van der Waals surface area contributed by atoms with Gasteiger partial charge in [-0.25, -0.2) is 0 Å². The molecule has 0 aromatic heterocycles. The Bertz CT molecular complexity index is 282. The van der Waals surface area contributed by atoms with Crippen molar-refractivity contribution in [3.63, 3.8) is 0 Å². The Morgan fingerprint density at radius 3 is 2.82 bits per heavy atom. The number of ether oxygens (including phenoxy) is 1. The maximum atomic E-state index is 12.0. The van der Waals surface area contributed by atoms with E-state index < -0.39 is 0 Å². The van der Waals surface area contributed by atoms with E-state index >= 15 is 0 Å². The molecule has 4 nitrogen and oxygen atoms in total. The van der Waals surface area contributed by atoms with E-state index in [0.717, 1.165) is 6.54 Å². The number of nitrogens with two attached hydrogens (primary N) is 1. The lowest BCUT2D eigenvalue weighted by molar-refractivity contribution is -0.133. The molecule has 1 unspecified atom stereocenters. The van der Waals surface area contributed by atoms with Crippen molar-refractivity contribution >= 4 is 5.91 Å². The molecule has 0 aromatic carbocycles. The Morgan fingerprint density at radius 1 is 1.65 bits per heavy atom. The quantitative estimate of drug-likeness (QED) is 0.630. The second-order valence-electron chi connectivity index (χ2n) is 4.44. The van der Waals surface area contributed by atoms with Crippen LogP contribution in [0.2, 0.25) is 0 Å². The van der Waals surface area contributed by atoms with Gasteiger partial charge in [0.15, 0.2) is 0 Å². The number of hydrogen-bond donors (Lipinski definition) is 1. The average Bonchev–Trinajstić information content (AvgIpc) is 3.11. The molecule has 1 aliphatic carbocycles. The summed E-state index contributed by atoms with van der Waals surface area (Å²) in [6, 6.07) is 0. The Labute approximate surface area is 103 Å². The highest BCUT2D eigenvalue weighted by molar-refractivity contribution is 5.77. The third kappa shape index (κ3) is 5.20. The van der Waals surface area contributed by atoms with E-state index in [-0.39, 0.29) is 12.0 Å². The molecule has 17 heavy (non-hydrogen) atoms. The van der Waals surface area contributed by atoms with Crippen molar-refractivity contribution in [1.82, 2.24) is 4.90 Å². The summed E-state index contributed by atoms with van der Waals surface area (Å²) in [6.45, 7) is 4.02. The van der Waals surface area contributed by atoms with E-state index in [4.69, 9.17) is 16.9 Å². The highest BCUT2D eigenvalue weighted by Crippen LogP contribution is 2.29. The largest absolute Gasteiger partial charge is 0.377 e. The van der Waals surface area contributed by atoms with E-state index in [1.54, 1.807) is 4.90 Å². The van der Waals surface area contributed by atoms with Crippen molar-refractivity contribution in [3.05, 3.63) is 0 Å². The molecule has 0 saturated heterocycles. The maximum absolute atomic E-state index is 12.0. The first-order valence-corrected chi connectivity index (χ1v) is 6.24. The van der Waals surface area contributed by atoms with Gasteiger partial charge in [-0.3, -0.25) is 4.79 Å². The van der Waals surface area contributed by atoms with E-state index in [0.29, 0.717) is 32.0 Å². The van der Waals surface area contributed by atoms with Crippen LogP contribution in [0.1, 0.15) is 26.2 Å². The molecule has 0 spiro atoms. The summed E-state index contributed by atoms with van der Waals surface area (Å²) in [7, 11) is 0. The van der Waals surface area contributed by atoms with Crippen LogP contribution in [0.15, 0.2) is 0 Å². The summed E-state index contributed by atoms with van der Waals surface area (Å²) in [5.41, 5.74) is 5.56. The third-order valence-corrected chi connectivity index (χ3v) is 2.88. The summed E-state index contributed by atoms with van der Waals surface area (Å²) in [6.07, 6.45) is 7.85. The molecule has 1 fully saturated rings. The molecule has 2 N–H and O–H groups in total.